The molecule has 2 aromatic carbocycles. The fraction of sp³-hybridized carbons (Fsp3) is 0.118. The maximum absolute atomic E-state index is 13.8. The molecule has 0 aliphatic heterocycles. The maximum Gasteiger partial charge on any atom is 0.146 e. The minimum Gasteiger partial charge on any atom is -0.271 e. The number of pyridine rings is 1. The minimum atomic E-state index is -0.346. The fourth-order valence-electron chi connectivity index (χ4n) is 2.53. The highest BCUT2D eigenvalue weighted by Gasteiger charge is 2.15. The van der Waals surface area contributed by atoms with Crippen molar-refractivity contribution in [1.82, 2.24) is 10.4 Å². The van der Waals surface area contributed by atoms with Crippen LogP contribution in [0.25, 0.3) is 10.8 Å². The van der Waals surface area contributed by atoms with Crippen LogP contribution in [-0.2, 0) is 6.42 Å². The largest absolute Gasteiger partial charge is 0.271 e. The van der Waals surface area contributed by atoms with Crippen molar-refractivity contribution in [1.29, 1.82) is 0 Å². The van der Waals surface area contributed by atoms with Gasteiger partial charge < -0.3 is 0 Å². The molecule has 0 fully saturated rings. The monoisotopic (exact) mass is 281 g/mol. The third-order valence-corrected chi connectivity index (χ3v) is 3.63. The van der Waals surface area contributed by atoms with Crippen molar-refractivity contribution in [3.05, 3.63) is 77.9 Å². The molecule has 0 aliphatic carbocycles. The third-order valence-electron chi connectivity index (χ3n) is 3.63. The highest BCUT2D eigenvalue weighted by Crippen LogP contribution is 2.22. The molecule has 0 saturated heterocycles. The number of nitrogens with one attached hydrogen (secondary N) is 1. The Balaban J connectivity index is 1.90. The number of benzene rings is 2. The Morgan fingerprint density at radius 2 is 1.90 bits per heavy atom. The number of hydrogen-bond acceptors (Lipinski definition) is 3. The van der Waals surface area contributed by atoms with E-state index in [1.54, 1.807) is 12.3 Å². The van der Waals surface area contributed by atoms with Crippen LogP contribution in [0, 0.1) is 5.82 Å². The number of fused-ring (bicyclic) bond motifs is 1. The van der Waals surface area contributed by atoms with E-state index in [9.17, 15) is 4.39 Å². The van der Waals surface area contributed by atoms with Crippen molar-refractivity contribution >= 4 is 10.8 Å². The van der Waals surface area contributed by atoms with Crippen LogP contribution in [0.5, 0.6) is 0 Å². The Bertz CT molecular complexity index is 758. The average Bonchev–Trinajstić information content (AvgIpc) is 2.53. The van der Waals surface area contributed by atoms with Crippen LogP contribution in [0.4, 0.5) is 4.39 Å². The van der Waals surface area contributed by atoms with E-state index in [1.807, 2.05) is 18.2 Å². The molecule has 3 aromatic rings. The van der Waals surface area contributed by atoms with Crippen molar-refractivity contribution < 1.29 is 4.39 Å². The van der Waals surface area contributed by atoms with Crippen molar-refractivity contribution in [3.63, 3.8) is 0 Å². The number of hydrogen-bond donors (Lipinski definition) is 2. The molecule has 21 heavy (non-hydrogen) atoms. The Morgan fingerprint density at radius 3 is 2.67 bits per heavy atom. The number of hydrazine groups is 1. The summed E-state index contributed by atoms with van der Waals surface area (Å²) in [4.78, 5) is 3.77. The van der Waals surface area contributed by atoms with Gasteiger partial charge in [-0.05, 0) is 28.8 Å². The summed E-state index contributed by atoms with van der Waals surface area (Å²) in [5.74, 6) is 5.25. The smallest absolute Gasteiger partial charge is 0.146 e. The molecule has 1 atom stereocenters. The van der Waals surface area contributed by atoms with Crippen LogP contribution in [-0.4, -0.2) is 4.98 Å². The van der Waals surface area contributed by atoms with Gasteiger partial charge in [-0.25, -0.2) is 4.39 Å². The molecule has 3 nitrogen and oxygen atoms in total. The van der Waals surface area contributed by atoms with Crippen LogP contribution in [0.2, 0.25) is 0 Å². The molecule has 1 unspecified atom stereocenters. The van der Waals surface area contributed by atoms with Gasteiger partial charge in [-0.1, -0.05) is 42.5 Å². The molecular formula is C17H16FN3. The van der Waals surface area contributed by atoms with E-state index in [-0.39, 0.29) is 11.9 Å². The Kier molecular flexibility index (Phi) is 3.90. The lowest BCUT2D eigenvalue weighted by Gasteiger charge is -2.17. The Morgan fingerprint density at radius 1 is 1.10 bits per heavy atom. The van der Waals surface area contributed by atoms with E-state index in [1.165, 1.54) is 17.0 Å². The summed E-state index contributed by atoms with van der Waals surface area (Å²) in [5, 5.41) is 2.36. The van der Waals surface area contributed by atoms with Crippen molar-refractivity contribution in [2.24, 2.45) is 5.84 Å². The number of aromatic nitrogens is 1. The second kappa shape index (κ2) is 5.99. The third kappa shape index (κ3) is 2.91. The van der Waals surface area contributed by atoms with E-state index < -0.39 is 0 Å². The highest BCUT2D eigenvalue weighted by molar-refractivity contribution is 5.83. The number of halogens is 1. The van der Waals surface area contributed by atoms with E-state index in [0.29, 0.717) is 12.0 Å². The first kappa shape index (κ1) is 13.7. The van der Waals surface area contributed by atoms with Crippen LogP contribution in [0.1, 0.15) is 17.2 Å². The highest BCUT2D eigenvalue weighted by atomic mass is 19.1. The molecule has 106 valence electrons. The molecule has 0 bridgehead atoms. The Hall–Kier alpha value is -2.30. The van der Waals surface area contributed by atoms with Gasteiger partial charge in [0.25, 0.3) is 0 Å². The summed E-state index contributed by atoms with van der Waals surface area (Å²) in [6, 6.07) is 15.8. The lowest BCUT2D eigenvalue weighted by Crippen LogP contribution is -2.30. The molecule has 0 spiro atoms. The second-order valence-electron chi connectivity index (χ2n) is 5.00. The fourth-order valence-corrected chi connectivity index (χ4v) is 2.53. The molecule has 0 saturated carbocycles. The van der Waals surface area contributed by atoms with Crippen molar-refractivity contribution in [2.45, 2.75) is 12.5 Å². The number of nitrogens with zero attached hydrogens (tertiary/aromatic N) is 1. The zero-order valence-electron chi connectivity index (χ0n) is 11.5. The van der Waals surface area contributed by atoms with Gasteiger partial charge in [-0.15, -0.1) is 0 Å². The Labute approximate surface area is 122 Å². The maximum atomic E-state index is 13.8. The lowest BCUT2D eigenvalue weighted by molar-refractivity contribution is 0.508. The first-order valence-corrected chi connectivity index (χ1v) is 6.81. The first-order chi connectivity index (χ1) is 10.3. The van der Waals surface area contributed by atoms with Gasteiger partial charge in [-0.2, -0.15) is 0 Å². The quantitative estimate of drug-likeness (QED) is 0.570. The van der Waals surface area contributed by atoms with Gasteiger partial charge in [0.05, 0.1) is 12.2 Å². The van der Waals surface area contributed by atoms with Gasteiger partial charge >= 0.3 is 0 Å². The molecule has 3 N–H and O–H groups in total. The van der Waals surface area contributed by atoms with Crippen molar-refractivity contribution in [3.8, 4) is 0 Å². The van der Waals surface area contributed by atoms with Gasteiger partial charge in [0.1, 0.15) is 5.82 Å². The molecule has 0 radical (unpaired) electrons. The predicted molar refractivity (Wildman–Crippen MR) is 81.9 cm³/mol. The molecule has 0 aliphatic rings. The molecule has 4 heteroatoms. The van der Waals surface area contributed by atoms with Crippen LogP contribution in [0.3, 0.4) is 0 Å². The van der Waals surface area contributed by atoms with Gasteiger partial charge in [0.15, 0.2) is 0 Å². The van der Waals surface area contributed by atoms with Crippen molar-refractivity contribution in [2.75, 3.05) is 0 Å². The summed E-state index contributed by atoms with van der Waals surface area (Å²) in [5.41, 5.74) is 4.32. The van der Waals surface area contributed by atoms with Crippen LogP contribution in [0.15, 0.2) is 60.9 Å². The molecule has 3 rings (SSSR count). The van der Waals surface area contributed by atoms with Crippen LogP contribution >= 0.6 is 0 Å². The van der Waals surface area contributed by atoms with E-state index >= 15 is 0 Å². The first-order valence-electron chi connectivity index (χ1n) is 6.81. The lowest BCUT2D eigenvalue weighted by atomic mass is 9.98. The average molecular weight is 281 g/mol. The molecule has 1 heterocycles. The van der Waals surface area contributed by atoms with Crippen LogP contribution < -0.4 is 11.3 Å². The van der Waals surface area contributed by atoms with Gasteiger partial charge in [0.2, 0.25) is 0 Å². The summed E-state index contributed by atoms with van der Waals surface area (Å²) >= 11 is 0. The SMILES string of the molecule is NNC(Cc1ccc2ccccc2c1)c1ccncc1F. The van der Waals surface area contributed by atoms with Gasteiger partial charge in [0, 0.05) is 11.8 Å². The topological polar surface area (TPSA) is 50.9 Å². The summed E-state index contributed by atoms with van der Waals surface area (Å²) < 4.78 is 13.8. The molecular weight excluding hydrogens is 265 g/mol. The predicted octanol–water partition coefficient (Wildman–Crippen LogP) is 3.12. The van der Waals surface area contributed by atoms with E-state index in [4.69, 9.17) is 5.84 Å². The number of rotatable bonds is 4. The van der Waals surface area contributed by atoms with E-state index in [2.05, 4.69) is 34.7 Å². The normalized spacial score (nSPS) is 12.5. The zero-order valence-corrected chi connectivity index (χ0v) is 11.5. The molecule has 1 aromatic heterocycles. The number of nitrogens with two attached hydrogens (primary N) is 1. The minimum absolute atomic E-state index is 0.283. The van der Waals surface area contributed by atoms with E-state index in [0.717, 1.165) is 5.56 Å². The summed E-state index contributed by atoms with van der Waals surface area (Å²) in [6.07, 6.45) is 3.39. The zero-order chi connectivity index (χ0) is 14.7. The molecule has 0 amide bonds. The van der Waals surface area contributed by atoms with Gasteiger partial charge in [-0.3, -0.25) is 16.3 Å². The standard InChI is InChI=1S/C17H16FN3/c18-16-11-20-8-7-15(16)17(21-19)10-12-5-6-13-3-1-2-4-14(13)9-12/h1-9,11,17,21H,10,19H2. The summed E-state index contributed by atoms with van der Waals surface area (Å²) in [7, 11) is 0. The summed E-state index contributed by atoms with van der Waals surface area (Å²) in [6.45, 7) is 0. The second-order valence-corrected chi connectivity index (χ2v) is 5.00.